The normalized spacial score (nSPS) is 14.2. The largest absolute Gasteiger partial charge is 0.458 e. The first-order valence-electron chi connectivity index (χ1n) is 11.6. The molecule has 0 aliphatic heterocycles. The van der Waals surface area contributed by atoms with Crippen LogP contribution >= 0.6 is 0 Å². The Bertz CT molecular complexity index is 1240. The van der Waals surface area contributed by atoms with Crippen LogP contribution in [0.5, 0.6) is 5.75 Å². The highest BCUT2D eigenvalue weighted by Crippen LogP contribution is 2.27. The van der Waals surface area contributed by atoms with Crippen LogP contribution in [0.25, 0.3) is 11.4 Å². The number of hydrogen-bond donors (Lipinski definition) is 1. The SMILES string of the molecule is OC(CN(CCc1cccc(-c2ncccn2)c1)c1cccc(OC2=CCC=CC=C2)c1)C(F)(F)F. The number of anilines is 1. The molecule has 0 spiro atoms. The van der Waals surface area contributed by atoms with Crippen molar-refractivity contribution >= 4 is 5.69 Å². The Hall–Kier alpha value is -3.91. The molecule has 5 nitrogen and oxygen atoms in total. The third kappa shape index (κ3) is 7.05. The monoisotopic (exact) mass is 493 g/mol. The van der Waals surface area contributed by atoms with Crippen LogP contribution in [0.1, 0.15) is 12.0 Å². The summed E-state index contributed by atoms with van der Waals surface area (Å²) >= 11 is 0. The minimum Gasteiger partial charge on any atom is -0.458 e. The third-order valence-electron chi connectivity index (χ3n) is 5.57. The number of allylic oxidation sites excluding steroid dienone is 5. The Balaban J connectivity index is 1.53. The zero-order valence-corrected chi connectivity index (χ0v) is 19.5. The van der Waals surface area contributed by atoms with Gasteiger partial charge in [0.15, 0.2) is 11.9 Å². The fraction of sp³-hybridized carbons (Fsp3) is 0.214. The third-order valence-corrected chi connectivity index (χ3v) is 5.57. The average Bonchev–Trinajstić information content (AvgIpc) is 3.15. The van der Waals surface area contributed by atoms with Gasteiger partial charge < -0.3 is 14.7 Å². The number of alkyl halides is 3. The second-order valence-corrected chi connectivity index (χ2v) is 8.26. The van der Waals surface area contributed by atoms with E-state index in [1.165, 1.54) is 4.90 Å². The Morgan fingerprint density at radius 1 is 1.00 bits per heavy atom. The molecule has 1 aliphatic carbocycles. The van der Waals surface area contributed by atoms with Gasteiger partial charge in [-0.2, -0.15) is 13.2 Å². The first-order valence-corrected chi connectivity index (χ1v) is 11.6. The zero-order valence-electron chi connectivity index (χ0n) is 19.5. The molecule has 1 atom stereocenters. The lowest BCUT2D eigenvalue weighted by Crippen LogP contribution is -2.42. The van der Waals surface area contributed by atoms with Crippen molar-refractivity contribution in [3.05, 3.63) is 109 Å². The van der Waals surface area contributed by atoms with Gasteiger partial charge in [-0.3, -0.25) is 0 Å². The van der Waals surface area contributed by atoms with Crippen LogP contribution in [0.4, 0.5) is 18.9 Å². The number of halogens is 3. The summed E-state index contributed by atoms with van der Waals surface area (Å²) in [5, 5.41) is 9.83. The van der Waals surface area contributed by atoms with Gasteiger partial charge in [-0.15, -0.1) is 0 Å². The first-order chi connectivity index (χ1) is 17.4. The minimum absolute atomic E-state index is 0.252. The van der Waals surface area contributed by atoms with Gasteiger partial charge in [0, 0.05) is 36.3 Å². The highest BCUT2D eigenvalue weighted by molar-refractivity contribution is 5.56. The maximum atomic E-state index is 13.2. The summed E-state index contributed by atoms with van der Waals surface area (Å²) in [6.07, 6.45) is 6.79. The number of rotatable bonds is 9. The molecule has 36 heavy (non-hydrogen) atoms. The Labute approximate surface area is 207 Å². The lowest BCUT2D eigenvalue weighted by atomic mass is 10.1. The zero-order chi connectivity index (χ0) is 25.4. The number of nitrogens with zero attached hydrogens (tertiary/aromatic N) is 3. The number of benzene rings is 2. The molecule has 4 rings (SSSR count). The molecule has 3 aromatic rings. The number of ether oxygens (including phenoxy) is 1. The molecule has 1 aromatic heterocycles. The Morgan fingerprint density at radius 2 is 1.81 bits per heavy atom. The van der Waals surface area contributed by atoms with Crippen molar-refractivity contribution in [2.45, 2.75) is 25.1 Å². The van der Waals surface area contributed by atoms with Gasteiger partial charge in [-0.25, -0.2) is 9.97 Å². The van der Waals surface area contributed by atoms with Crippen molar-refractivity contribution in [1.82, 2.24) is 9.97 Å². The lowest BCUT2D eigenvalue weighted by Gasteiger charge is -2.28. The molecule has 0 saturated heterocycles. The number of aromatic nitrogens is 2. The Kier molecular flexibility index (Phi) is 8.17. The summed E-state index contributed by atoms with van der Waals surface area (Å²) < 4.78 is 45.6. The van der Waals surface area contributed by atoms with Crippen LogP contribution < -0.4 is 9.64 Å². The van der Waals surface area contributed by atoms with Crippen molar-refractivity contribution in [2.75, 3.05) is 18.0 Å². The fourth-order valence-corrected chi connectivity index (χ4v) is 3.73. The van der Waals surface area contributed by atoms with E-state index in [0.717, 1.165) is 17.5 Å². The van der Waals surface area contributed by atoms with E-state index in [1.807, 2.05) is 54.6 Å². The van der Waals surface area contributed by atoms with E-state index in [1.54, 1.807) is 42.7 Å². The summed E-state index contributed by atoms with van der Waals surface area (Å²) in [5.74, 6) is 1.73. The molecule has 1 aliphatic rings. The molecular formula is C28H26F3N3O2. The predicted molar refractivity (Wildman–Crippen MR) is 133 cm³/mol. The van der Waals surface area contributed by atoms with Crippen LogP contribution in [-0.2, 0) is 6.42 Å². The van der Waals surface area contributed by atoms with Crippen LogP contribution in [-0.4, -0.2) is 40.4 Å². The minimum atomic E-state index is -4.72. The van der Waals surface area contributed by atoms with E-state index in [9.17, 15) is 18.3 Å². The number of aliphatic hydroxyl groups excluding tert-OH is 1. The second-order valence-electron chi connectivity index (χ2n) is 8.26. The highest BCUT2D eigenvalue weighted by atomic mass is 19.4. The first kappa shape index (κ1) is 25.2. The lowest BCUT2D eigenvalue weighted by molar-refractivity contribution is -0.200. The quantitative estimate of drug-likeness (QED) is 0.403. The van der Waals surface area contributed by atoms with Crippen molar-refractivity contribution in [3.63, 3.8) is 0 Å². The van der Waals surface area contributed by atoms with Gasteiger partial charge in [0.1, 0.15) is 11.5 Å². The number of hydrogen-bond acceptors (Lipinski definition) is 5. The van der Waals surface area contributed by atoms with E-state index in [2.05, 4.69) is 9.97 Å². The molecule has 0 saturated carbocycles. The summed E-state index contributed by atoms with van der Waals surface area (Å²) in [6.45, 7) is -0.344. The topological polar surface area (TPSA) is 58.5 Å². The van der Waals surface area contributed by atoms with Crippen molar-refractivity contribution in [2.24, 2.45) is 0 Å². The summed E-state index contributed by atoms with van der Waals surface area (Å²) in [5.41, 5.74) is 2.26. The molecular weight excluding hydrogens is 467 g/mol. The van der Waals surface area contributed by atoms with Crippen molar-refractivity contribution in [3.8, 4) is 17.1 Å². The van der Waals surface area contributed by atoms with Gasteiger partial charge in [-0.05, 0) is 54.8 Å². The number of aliphatic hydroxyl groups is 1. The van der Waals surface area contributed by atoms with E-state index < -0.39 is 18.8 Å². The fourth-order valence-electron chi connectivity index (χ4n) is 3.73. The van der Waals surface area contributed by atoms with E-state index in [-0.39, 0.29) is 6.54 Å². The molecule has 8 heteroatoms. The average molecular weight is 494 g/mol. The van der Waals surface area contributed by atoms with E-state index >= 15 is 0 Å². The van der Waals surface area contributed by atoms with Gasteiger partial charge in [0.2, 0.25) is 0 Å². The van der Waals surface area contributed by atoms with Gasteiger partial charge >= 0.3 is 6.18 Å². The molecule has 1 heterocycles. The van der Waals surface area contributed by atoms with E-state index in [0.29, 0.717) is 29.4 Å². The maximum absolute atomic E-state index is 13.2. The van der Waals surface area contributed by atoms with Crippen LogP contribution in [0.15, 0.2) is 103 Å². The molecule has 0 amide bonds. The predicted octanol–water partition coefficient (Wildman–Crippen LogP) is 5.89. The summed E-state index contributed by atoms with van der Waals surface area (Å²) in [4.78, 5) is 10.0. The molecule has 0 radical (unpaired) electrons. The van der Waals surface area contributed by atoms with Gasteiger partial charge in [0.05, 0.1) is 6.54 Å². The standard InChI is InChI=1S/C28H26F3N3O2/c29-28(30,31)26(35)20-34(17-14-21-8-5-9-22(18-21)27-32-15-7-16-33-27)23-10-6-13-25(19-23)36-24-11-3-1-2-4-12-24/h1-3,5-13,15-16,18-19,26,35H,4,14,17,20H2. The maximum Gasteiger partial charge on any atom is 0.416 e. The van der Waals surface area contributed by atoms with E-state index in [4.69, 9.17) is 4.74 Å². The molecule has 2 aromatic carbocycles. The van der Waals surface area contributed by atoms with Crippen LogP contribution in [0.2, 0.25) is 0 Å². The van der Waals surface area contributed by atoms with Crippen molar-refractivity contribution in [1.29, 1.82) is 0 Å². The van der Waals surface area contributed by atoms with Gasteiger partial charge in [-0.1, -0.05) is 42.5 Å². The molecule has 1 unspecified atom stereocenters. The smallest absolute Gasteiger partial charge is 0.416 e. The van der Waals surface area contributed by atoms with Crippen LogP contribution in [0.3, 0.4) is 0 Å². The van der Waals surface area contributed by atoms with Crippen LogP contribution in [0, 0.1) is 0 Å². The second kappa shape index (κ2) is 11.7. The summed E-state index contributed by atoms with van der Waals surface area (Å²) in [6, 6.07) is 16.2. The molecule has 0 fully saturated rings. The van der Waals surface area contributed by atoms with Gasteiger partial charge in [0.25, 0.3) is 0 Å². The molecule has 1 N–H and O–H groups in total. The molecule has 186 valence electrons. The Morgan fingerprint density at radius 3 is 2.61 bits per heavy atom. The highest BCUT2D eigenvalue weighted by Gasteiger charge is 2.39. The molecule has 0 bridgehead atoms. The summed E-state index contributed by atoms with van der Waals surface area (Å²) in [7, 11) is 0. The van der Waals surface area contributed by atoms with Crippen molar-refractivity contribution < 1.29 is 23.0 Å².